The summed E-state index contributed by atoms with van der Waals surface area (Å²) in [6.45, 7) is 0.843. The summed E-state index contributed by atoms with van der Waals surface area (Å²) in [6.07, 6.45) is -0.0759. The number of carbonyl (C=O) groups excluding carboxylic acids is 1. The smallest absolute Gasteiger partial charge is 0.260 e. The maximum Gasteiger partial charge on any atom is 0.260 e. The molecule has 6 heteroatoms. The zero-order valence-corrected chi connectivity index (χ0v) is 13.0. The Hall–Kier alpha value is -2.27. The molecule has 0 saturated carbocycles. The Kier molecular flexibility index (Phi) is 4.67. The van der Waals surface area contributed by atoms with Gasteiger partial charge in [-0.2, -0.15) is 0 Å². The lowest BCUT2D eigenvalue weighted by Crippen LogP contribution is -2.57. The molecule has 2 aromatic rings. The molecule has 1 aliphatic rings. The van der Waals surface area contributed by atoms with Crippen LogP contribution in [0.5, 0.6) is 11.5 Å². The Morgan fingerprint density at radius 2 is 2.00 bits per heavy atom. The summed E-state index contributed by atoms with van der Waals surface area (Å²) < 4.78 is 24.0. The number of rotatable bonds is 5. The second-order valence-corrected chi connectivity index (χ2v) is 5.62. The lowest BCUT2D eigenvalue weighted by atomic mass is 10.1. The van der Waals surface area contributed by atoms with Crippen molar-refractivity contribution in [2.45, 2.75) is 6.10 Å². The van der Waals surface area contributed by atoms with Crippen LogP contribution < -0.4 is 9.47 Å². The summed E-state index contributed by atoms with van der Waals surface area (Å²) in [7, 11) is 0. The van der Waals surface area contributed by atoms with Crippen molar-refractivity contribution >= 4 is 17.5 Å². The van der Waals surface area contributed by atoms with Crippen molar-refractivity contribution in [2.75, 3.05) is 19.7 Å². The van der Waals surface area contributed by atoms with Crippen molar-refractivity contribution in [3.63, 3.8) is 0 Å². The molecule has 1 heterocycles. The molecule has 0 atom stereocenters. The van der Waals surface area contributed by atoms with Crippen LogP contribution in [-0.2, 0) is 4.79 Å². The second-order valence-electron chi connectivity index (χ2n) is 5.22. The Balaban J connectivity index is 1.44. The van der Waals surface area contributed by atoms with Gasteiger partial charge in [0, 0.05) is 6.07 Å². The third kappa shape index (κ3) is 3.93. The molecule has 0 N–H and O–H groups in total. The van der Waals surface area contributed by atoms with Gasteiger partial charge in [-0.05, 0) is 24.3 Å². The molecule has 0 unspecified atom stereocenters. The number of nitrogens with zero attached hydrogens (tertiary/aromatic N) is 1. The molecule has 3 rings (SSSR count). The van der Waals surface area contributed by atoms with Crippen molar-refractivity contribution in [1.82, 2.24) is 4.90 Å². The summed E-state index contributed by atoms with van der Waals surface area (Å²) in [6, 6.07) is 12.9. The first-order chi connectivity index (χ1) is 11.1. The Morgan fingerprint density at radius 1 is 1.22 bits per heavy atom. The zero-order chi connectivity index (χ0) is 16.2. The van der Waals surface area contributed by atoms with E-state index in [-0.39, 0.29) is 18.6 Å². The molecule has 0 radical (unpaired) electrons. The van der Waals surface area contributed by atoms with Gasteiger partial charge in [0.2, 0.25) is 0 Å². The predicted molar refractivity (Wildman–Crippen MR) is 84.3 cm³/mol. The van der Waals surface area contributed by atoms with Gasteiger partial charge in [-0.3, -0.25) is 4.79 Å². The number of hydrogen-bond acceptors (Lipinski definition) is 3. The van der Waals surface area contributed by atoms with E-state index in [1.54, 1.807) is 23.1 Å². The minimum atomic E-state index is -0.396. The lowest BCUT2D eigenvalue weighted by molar-refractivity contribution is -0.142. The van der Waals surface area contributed by atoms with E-state index in [1.165, 1.54) is 18.2 Å². The van der Waals surface area contributed by atoms with Crippen LogP contribution in [0.2, 0.25) is 5.02 Å². The summed E-state index contributed by atoms with van der Waals surface area (Å²) in [5.41, 5.74) is 0. The van der Waals surface area contributed by atoms with Gasteiger partial charge >= 0.3 is 0 Å². The molecule has 1 amide bonds. The van der Waals surface area contributed by atoms with E-state index in [4.69, 9.17) is 21.1 Å². The van der Waals surface area contributed by atoms with Crippen LogP contribution in [0.25, 0.3) is 0 Å². The normalized spacial score (nSPS) is 14.3. The van der Waals surface area contributed by atoms with E-state index in [0.717, 1.165) is 0 Å². The van der Waals surface area contributed by atoms with Gasteiger partial charge in [0.1, 0.15) is 23.4 Å². The average molecular weight is 336 g/mol. The third-order valence-corrected chi connectivity index (χ3v) is 3.80. The number of benzene rings is 2. The molecule has 1 fully saturated rings. The largest absolute Gasteiger partial charge is 0.485 e. The number of ether oxygens (including phenoxy) is 2. The summed E-state index contributed by atoms with van der Waals surface area (Å²) in [5, 5.41) is 0.548. The van der Waals surface area contributed by atoms with E-state index in [1.807, 2.05) is 12.1 Å². The van der Waals surface area contributed by atoms with Gasteiger partial charge in [0.25, 0.3) is 5.91 Å². The zero-order valence-electron chi connectivity index (χ0n) is 12.2. The standard InChI is InChI=1S/C17H15ClFNO3/c18-15-6-1-2-7-16(15)23-14-9-20(10-14)17(21)11-22-13-5-3-4-12(19)8-13/h1-8,14H,9-11H2. The van der Waals surface area contributed by atoms with Crippen molar-refractivity contribution in [3.8, 4) is 11.5 Å². The SMILES string of the molecule is O=C(COc1cccc(F)c1)N1CC(Oc2ccccc2Cl)C1. The molecule has 4 nitrogen and oxygen atoms in total. The van der Waals surface area contributed by atoms with Crippen molar-refractivity contribution < 1.29 is 18.7 Å². The van der Waals surface area contributed by atoms with Crippen molar-refractivity contribution in [1.29, 1.82) is 0 Å². The third-order valence-electron chi connectivity index (χ3n) is 3.49. The van der Waals surface area contributed by atoms with E-state index in [9.17, 15) is 9.18 Å². The first-order valence-corrected chi connectivity index (χ1v) is 7.57. The number of halogens is 2. The first kappa shape index (κ1) is 15.6. The summed E-state index contributed by atoms with van der Waals surface area (Å²) in [4.78, 5) is 13.6. The number of hydrogen-bond donors (Lipinski definition) is 0. The number of carbonyl (C=O) groups is 1. The van der Waals surface area contributed by atoms with Gasteiger partial charge in [-0.15, -0.1) is 0 Å². The van der Waals surface area contributed by atoms with Crippen LogP contribution in [0.3, 0.4) is 0 Å². The molecule has 1 saturated heterocycles. The molecule has 1 aliphatic heterocycles. The van der Waals surface area contributed by atoms with Crippen LogP contribution >= 0.6 is 11.6 Å². The van der Waals surface area contributed by atoms with E-state index in [0.29, 0.717) is 29.6 Å². The van der Waals surface area contributed by atoms with Gasteiger partial charge < -0.3 is 14.4 Å². The monoisotopic (exact) mass is 335 g/mol. The number of amides is 1. The highest BCUT2D eigenvalue weighted by Gasteiger charge is 2.32. The van der Waals surface area contributed by atoms with Gasteiger partial charge in [-0.25, -0.2) is 4.39 Å². The molecular weight excluding hydrogens is 321 g/mol. The minimum Gasteiger partial charge on any atom is -0.485 e. The van der Waals surface area contributed by atoms with Crippen LogP contribution in [0.15, 0.2) is 48.5 Å². The van der Waals surface area contributed by atoms with Gasteiger partial charge in [0.15, 0.2) is 6.61 Å². The average Bonchev–Trinajstić information content (AvgIpc) is 2.50. The highest BCUT2D eigenvalue weighted by molar-refractivity contribution is 6.32. The second kappa shape index (κ2) is 6.87. The molecule has 0 aliphatic carbocycles. The van der Waals surface area contributed by atoms with E-state index < -0.39 is 5.82 Å². The number of likely N-dealkylation sites (tertiary alicyclic amines) is 1. The molecule has 0 bridgehead atoms. The van der Waals surface area contributed by atoms with Crippen LogP contribution in [-0.4, -0.2) is 36.6 Å². The Morgan fingerprint density at radius 3 is 2.74 bits per heavy atom. The van der Waals surface area contributed by atoms with Crippen LogP contribution in [0, 0.1) is 5.82 Å². The predicted octanol–water partition coefficient (Wildman–Crippen LogP) is 3.15. The highest BCUT2D eigenvalue weighted by Crippen LogP contribution is 2.26. The van der Waals surface area contributed by atoms with Gasteiger partial charge in [-0.1, -0.05) is 29.8 Å². The minimum absolute atomic E-state index is 0.0759. The van der Waals surface area contributed by atoms with Gasteiger partial charge in [0.05, 0.1) is 18.1 Å². The quantitative estimate of drug-likeness (QED) is 0.842. The maximum atomic E-state index is 13.0. The Labute approximate surface area is 138 Å². The van der Waals surface area contributed by atoms with E-state index in [2.05, 4.69) is 0 Å². The fourth-order valence-corrected chi connectivity index (χ4v) is 2.41. The number of para-hydroxylation sites is 1. The maximum absolute atomic E-state index is 13.0. The Bertz CT molecular complexity index is 704. The first-order valence-electron chi connectivity index (χ1n) is 7.19. The summed E-state index contributed by atoms with van der Waals surface area (Å²) in [5.74, 6) is 0.394. The molecule has 0 spiro atoms. The molecule has 0 aromatic heterocycles. The van der Waals surface area contributed by atoms with E-state index >= 15 is 0 Å². The molecule has 120 valence electrons. The fraction of sp³-hybridized carbons (Fsp3) is 0.235. The summed E-state index contributed by atoms with van der Waals surface area (Å²) >= 11 is 6.02. The van der Waals surface area contributed by atoms with Crippen molar-refractivity contribution in [2.24, 2.45) is 0 Å². The van der Waals surface area contributed by atoms with Crippen LogP contribution in [0.1, 0.15) is 0 Å². The topological polar surface area (TPSA) is 38.8 Å². The highest BCUT2D eigenvalue weighted by atomic mass is 35.5. The molecular formula is C17H15ClFNO3. The molecule has 23 heavy (non-hydrogen) atoms. The van der Waals surface area contributed by atoms with Crippen LogP contribution in [0.4, 0.5) is 4.39 Å². The lowest BCUT2D eigenvalue weighted by Gasteiger charge is -2.38. The van der Waals surface area contributed by atoms with Crippen molar-refractivity contribution in [3.05, 3.63) is 59.4 Å². The molecule has 2 aromatic carbocycles. The fourth-order valence-electron chi connectivity index (χ4n) is 2.23.